The number of aromatic nitrogens is 3. The Morgan fingerprint density at radius 1 is 0.667 bits per heavy atom. The van der Waals surface area contributed by atoms with Crippen molar-refractivity contribution in [2.24, 2.45) is 9.98 Å². The molecule has 0 fully saturated rings. The Labute approximate surface area is 211 Å². The predicted octanol–water partition coefficient (Wildman–Crippen LogP) is 7.38. The van der Waals surface area contributed by atoms with Crippen LogP contribution in [0.1, 0.15) is 58.9 Å². The molecule has 0 atom stereocenters. The van der Waals surface area contributed by atoms with E-state index in [0.717, 1.165) is 45.1 Å². The SMILES string of the molecule is CC(=Nc1c(C)cc(C)cc1C)c1ncnc(C(C)=Nc2c(C)cc(C)cc2C)n1.[Cl][Fe][Cl]. The van der Waals surface area contributed by atoms with Crippen molar-refractivity contribution in [3.05, 3.63) is 75.6 Å². The van der Waals surface area contributed by atoms with Crippen molar-refractivity contribution < 1.29 is 13.1 Å². The number of hydrogen-bond acceptors (Lipinski definition) is 5. The third-order valence-electron chi connectivity index (χ3n) is 5.05. The molecule has 176 valence electrons. The second kappa shape index (κ2) is 12.4. The molecule has 0 bridgehead atoms. The molecule has 2 aromatic carbocycles. The molecule has 1 heterocycles. The van der Waals surface area contributed by atoms with Crippen molar-refractivity contribution >= 4 is 43.0 Å². The van der Waals surface area contributed by atoms with E-state index in [9.17, 15) is 0 Å². The molecule has 0 unspecified atom stereocenters. The van der Waals surface area contributed by atoms with Gasteiger partial charge in [0.15, 0.2) is 11.6 Å². The fourth-order valence-corrected chi connectivity index (χ4v) is 3.78. The van der Waals surface area contributed by atoms with Gasteiger partial charge in [-0.15, -0.1) is 0 Å². The van der Waals surface area contributed by atoms with Crippen molar-refractivity contribution in [1.29, 1.82) is 0 Å². The number of benzene rings is 2. The van der Waals surface area contributed by atoms with Crippen LogP contribution in [-0.2, 0) is 13.1 Å². The van der Waals surface area contributed by atoms with E-state index in [1.165, 1.54) is 17.5 Å². The summed E-state index contributed by atoms with van der Waals surface area (Å²) in [6.07, 6.45) is 1.53. The molecule has 0 N–H and O–H groups in total. The number of aryl methyl sites for hydroxylation is 6. The molecule has 0 radical (unpaired) electrons. The van der Waals surface area contributed by atoms with E-state index in [2.05, 4.69) is 80.8 Å². The summed E-state index contributed by atoms with van der Waals surface area (Å²) in [5.41, 5.74) is 10.5. The van der Waals surface area contributed by atoms with Crippen LogP contribution in [0.15, 0.2) is 40.6 Å². The van der Waals surface area contributed by atoms with E-state index in [1.54, 1.807) is 0 Å². The summed E-state index contributed by atoms with van der Waals surface area (Å²) >= 11 is 0.194. The first-order chi connectivity index (χ1) is 15.6. The van der Waals surface area contributed by atoms with Gasteiger partial charge in [0.2, 0.25) is 0 Å². The van der Waals surface area contributed by atoms with Gasteiger partial charge in [0.25, 0.3) is 0 Å². The summed E-state index contributed by atoms with van der Waals surface area (Å²) in [6.45, 7) is 16.4. The van der Waals surface area contributed by atoms with Gasteiger partial charge < -0.3 is 0 Å². The molecule has 0 spiro atoms. The van der Waals surface area contributed by atoms with Crippen LogP contribution in [0.25, 0.3) is 0 Å². The number of nitrogens with zero attached hydrogens (tertiary/aromatic N) is 5. The van der Waals surface area contributed by atoms with Crippen molar-refractivity contribution in [3.63, 3.8) is 0 Å². The van der Waals surface area contributed by atoms with Gasteiger partial charge in [0.05, 0.1) is 22.8 Å². The van der Waals surface area contributed by atoms with E-state index in [4.69, 9.17) is 30.2 Å². The molecule has 0 saturated carbocycles. The normalized spacial score (nSPS) is 11.9. The molecule has 5 nitrogen and oxygen atoms in total. The van der Waals surface area contributed by atoms with Gasteiger partial charge in [-0.25, -0.2) is 24.9 Å². The van der Waals surface area contributed by atoms with Gasteiger partial charge >= 0.3 is 33.3 Å². The van der Waals surface area contributed by atoms with Gasteiger partial charge in [-0.3, -0.25) is 0 Å². The third kappa shape index (κ3) is 7.44. The van der Waals surface area contributed by atoms with E-state index >= 15 is 0 Å². The van der Waals surface area contributed by atoms with Crippen molar-refractivity contribution in [3.8, 4) is 0 Å². The second-order valence-electron chi connectivity index (χ2n) is 8.07. The molecule has 0 saturated heterocycles. The predicted molar refractivity (Wildman–Crippen MR) is 137 cm³/mol. The first-order valence-electron chi connectivity index (χ1n) is 10.4. The van der Waals surface area contributed by atoms with Crippen LogP contribution in [0.3, 0.4) is 0 Å². The zero-order valence-corrected chi connectivity index (χ0v) is 22.8. The Bertz CT molecular complexity index is 1070. The van der Waals surface area contributed by atoms with E-state index in [0.29, 0.717) is 11.6 Å². The summed E-state index contributed by atoms with van der Waals surface area (Å²) < 4.78 is 0. The molecule has 8 heteroatoms. The molecular weight excluding hydrogens is 497 g/mol. The fourth-order valence-electron chi connectivity index (χ4n) is 3.78. The third-order valence-corrected chi connectivity index (χ3v) is 5.05. The van der Waals surface area contributed by atoms with Crippen LogP contribution in [0.5, 0.6) is 0 Å². The molecule has 0 aliphatic heterocycles. The summed E-state index contributed by atoms with van der Waals surface area (Å²) in [4.78, 5) is 22.9. The van der Waals surface area contributed by atoms with Gasteiger partial charge in [-0.1, -0.05) is 35.4 Å². The Kier molecular flexibility index (Phi) is 10.2. The minimum absolute atomic E-state index is 0.194. The molecule has 1 aromatic heterocycles. The number of halogens is 2. The molecule has 0 aliphatic carbocycles. The second-order valence-corrected chi connectivity index (χ2v) is 9.90. The summed E-state index contributed by atoms with van der Waals surface area (Å²) in [6, 6.07) is 8.56. The van der Waals surface area contributed by atoms with Crippen LogP contribution >= 0.6 is 20.2 Å². The fraction of sp³-hybridized carbons (Fsp3) is 0.320. The Balaban J connectivity index is 0.00000122. The molecule has 33 heavy (non-hydrogen) atoms. The van der Waals surface area contributed by atoms with Crippen LogP contribution in [0, 0.1) is 41.5 Å². The van der Waals surface area contributed by atoms with Gasteiger partial charge in [0.1, 0.15) is 6.33 Å². The van der Waals surface area contributed by atoms with Crippen molar-refractivity contribution in [2.75, 3.05) is 0 Å². The monoisotopic (exact) mass is 525 g/mol. The average molecular weight is 526 g/mol. The van der Waals surface area contributed by atoms with Gasteiger partial charge in [-0.2, -0.15) is 0 Å². The van der Waals surface area contributed by atoms with Crippen LogP contribution in [0.4, 0.5) is 11.4 Å². The first kappa shape index (κ1) is 27.1. The number of rotatable bonds is 4. The van der Waals surface area contributed by atoms with Crippen LogP contribution in [-0.4, -0.2) is 26.4 Å². The number of aliphatic imine (C=N–C) groups is 2. The van der Waals surface area contributed by atoms with Crippen molar-refractivity contribution in [2.45, 2.75) is 55.4 Å². The molecule has 0 aliphatic rings. The zero-order chi connectivity index (χ0) is 24.7. The minimum atomic E-state index is 0.194. The maximum absolute atomic E-state index is 4.82. The quantitative estimate of drug-likeness (QED) is 0.263. The van der Waals surface area contributed by atoms with Gasteiger partial charge in [0, 0.05) is 0 Å². The van der Waals surface area contributed by atoms with Crippen LogP contribution < -0.4 is 0 Å². The zero-order valence-electron chi connectivity index (χ0n) is 20.2. The van der Waals surface area contributed by atoms with E-state index in [-0.39, 0.29) is 13.1 Å². The molecule has 0 amide bonds. The topological polar surface area (TPSA) is 63.4 Å². The molecule has 3 aromatic rings. The maximum atomic E-state index is 4.82. The van der Waals surface area contributed by atoms with E-state index < -0.39 is 0 Å². The Hall–Kier alpha value is -2.11. The van der Waals surface area contributed by atoms with Crippen molar-refractivity contribution in [1.82, 2.24) is 15.0 Å². The standard InChI is InChI=1S/C25H29N5.2ClH.Fe/c1-14-9-16(3)22(17(4)10-14)28-20(7)24-26-13-27-25(30-24)21(8)29-23-18(5)11-15(2)12-19(23)6;;;/h9-13H,1-8H3;2*1H;/q;;;+2/p-2. The van der Waals surface area contributed by atoms with Gasteiger partial charge in [-0.05, 0) is 77.6 Å². The Morgan fingerprint density at radius 3 is 1.27 bits per heavy atom. The summed E-state index contributed by atoms with van der Waals surface area (Å²) in [7, 11) is 9.53. The first-order valence-corrected chi connectivity index (χ1v) is 13.4. The molecular formula is C25H29Cl2FeN5. The number of hydrogen-bond donors (Lipinski definition) is 0. The van der Waals surface area contributed by atoms with Crippen LogP contribution in [0.2, 0.25) is 0 Å². The average Bonchev–Trinajstić information content (AvgIpc) is 2.73. The molecule has 3 rings (SSSR count). The summed E-state index contributed by atoms with van der Waals surface area (Å²) in [5.74, 6) is 1.12. The summed E-state index contributed by atoms with van der Waals surface area (Å²) in [5, 5.41) is 0. The Morgan fingerprint density at radius 2 is 0.970 bits per heavy atom. The van der Waals surface area contributed by atoms with E-state index in [1.807, 2.05) is 13.8 Å².